The molecule has 2 heterocycles. The first kappa shape index (κ1) is 8.66. The molecule has 1 saturated heterocycles. The lowest BCUT2D eigenvalue weighted by molar-refractivity contribution is 0.0614. The lowest BCUT2D eigenvalue weighted by atomic mass is 10.1. The molecule has 3 nitrogen and oxygen atoms in total. The van der Waals surface area contributed by atoms with Gasteiger partial charge in [-0.25, -0.2) is 0 Å². The van der Waals surface area contributed by atoms with E-state index in [4.69, 9.17) is 4.74 Å². The smallest absolute Gasteiger partial charge is 0.101 e. The van der Waals surface area contributed by atoms with Crippen LogP contribution in [-0.4, -0.2) is 24.7 Å². The number of nitrogens with one attached hydrogen (secondary N) is 1. The van der Waals surface area contributed by atoms with Crippen molar-refractivity contribution >= 4 is 0 Å². The highest BCUT2D eigenvalue weighted by Crippen LogP contribution is 2.18. The fourth-order valence-electron chi connectivity index (χ4n) is 1.51. The maximum Gasteiger partial charge on any atom is 0.101 e. The Kier molecular flexibility index (Phi) is 2.90. The van der Waals surface area contributed by atoms with Gasteiger partial charge in [0.25, 0.3) is 0 Å². The molecular weight excluding hydrogens is 164 g/mol. The minimum atomic E-state index is 0.177. The van der Waals surface area contributed by atoms with Crippen molar-refractivity contribution in [2.75, 3.05) is 19.7 Å². The van der Waals surface area contributed by atoms with Gasteiger partial charge in [0, 0.05) is 12.7 Å². The average molecular weight is 178 g/mol. The third-order valence-electron chi connectivity index (χ3n) is 2.20. The number of hydrogen-bond acceptors (Lipinski definition) is 3. The maximum absolute atomic E-state index is 5.66. The lowest BCUT2D eigenvalue weighted by Gasteiger charge is -2.12. The van der Waals surface area contributed by atoms with Crippen molar-refractivity contribution in [2.24, 2.45) is 0 Å². The van der Waals surface area contributed by atoms with Gasteiger partial charge in [-0.15, -0.1) is 0 Å². The highest BCUT2D eigenvalue weighted by atomic mass is 16.5. The van der Waals surface area contributed by atoms with Crippen LogP contribution < -0.4 is 5.32 Å². The number of ether oxygens (including phenoxy) is 1. The average Bonchev–Trinajstić information content (AvgIpc) is 2.47. The zero-order valence-corrected chi connectivity index (χ0v) is 7.57. The van der Waals surface area contributed by atoms with Gasteiger partial charge in [0.15, 0.2) is 0 Å². The van der Waals surface area contributed by atoms with Gasteiger partial charge in [-0.3, -0.25) is 4.98 Å². The van der Waals surface area contributed by atoms with Crippen LogP contribution in [0, 0.1) is 0 Å². The Morgan fingerprint density at radius 3 is 3.23 bits per heavy atom. The van der Waals surface area contributed by atoms with Crippen LogP contribution >= 0.6 is 0 Å². The van der Waals surface area contributed by atoms with E-state index in [1.165, 1.54) is 0 Å². The predicted molar refractivity (Wildman–Crippen MR) is 50.4 cm³/mol. The number of pyridine rings is 1. The van der Waals surface area contributed by atoms with E-state index in [0.29, 0.717) is 0 Å². The second-order valence-electron chi connectivity index (χ2n) is 3.15. The number of hydrogen-bond donors (Lipinski definition) is 1. The number of nitrogens with zero attached hydrogens (tertiary/aromatic N) is 1. The minimum absolute atomic E-state index is 0.177. The summed E-state index contributed by atoms with van der Waals surface area (Å²) in [5.74, 6) is 0. The lowest BCUT2D eigenvalue weighted by Crippen LogP contribution is -2.16. The number of aromatic nitrogens is 1. The summed E-state index contributed by atoms with van der Waals surface area (Å²) in [6.45, 7) is 2.74. The van der Waals surface area contributed by atoms with E-state index in [2.05, 4.69) is 10.3 Å². The highest BCUT2D eigenvalue weighted by molar-refractivity contribution is 5.07. The van der Waals surface area contributed by atoms with Gasteiger partial charge in [0.05, 0.1) is 12.3 Å². The molecule has 0 aliphatic carbocycles. The molecule has 70 valence electrons. The SMILES string of the molecule is c1ccc([C@H]2CCNCCO2)nc1. The van der Waals surface area contributed by atoms with Gasteiger partial charge in [-0.05, 0) is 25.1 Å². The molecular formula is C10H14N2O. The molecule has 0 unspecified atom stereocenters. The molecule has 0 radical (unpaired) electrons. The molecule has 0 amide bonds. The molecule has 0 aromatic carbocycles. The van der Waals surface area contributed by atoms with Crippen LogP contribution in [0.4, 0.5) is 0 Å². The predicted octanol–water partition coefficient (Wildman–Crippen LogP) is 1.13. The van der Waals surface area contributed by atoms with Gasteiger partial charge in [0.2, 0.25) is 0 Å². The molecule has 0 bridgehead atoms. The third kappa shape index (κ3) is 2.26. The summed E-state index contributed by atoms with van der Waals surface area (Å²) in [5.41, 5.74) is 1.05. The summed E-state index contributed by atoms with van der Waals surface area (Å²) in [6.07, 6.45) is 3.00. The van der Waals surface area contributed by atoms with E-state index in [0.717, 1.165) is 31.8 Å². The first-order valence-electron chi connectivity index (χ1n) is 4.70. The summed E-state index contributed by atoms with van der Waals surface area (Å²) in [6, 6.07) is 5.96. The molecule has 1 aromatic heterocycles. The Hall–Kier alpha value is -0.930. The molecule has 1 aliphatic rings. The molecule has 1 atom stereocenters. The first-order chi connectivity index (χ1) is 6.47. The normalized spacial score (nSPS) is 23.8. The summed E-state index contributed by atoms with van der Waals surface area (Å²) in [5, 5.41) is 3.29. The van der Waals surface area contributed by atoms with Crippen molar-refractivity contribution in [1.29, 1.82) is 0 Å². The zero-order valence-electron chi connectivity index (χ0n) is 7.57. The van der Waals surface area contributed by atoms with Gasteiger partial charge in [-0.1, -0.05) is 6.07 Å². The summed E-state index contributed by atoms with van der Waals surface area (Å²) in [4.78, 5) is 4.29. The monoisotopic (exact) mass is 178 g/mol. The van der Waals surface area contributed by atoms with Crippen molar-refractivity contribution in [2.45, 2.75) is 12.5 Å². The molecule has 2 rings (SSSR count). The van der Waals surface area contributed by atoms with Crippen molar-refractivity contribution < 1.29 is 4.74 Å². The zero-order chi connectivity index (χ0) is 8.93. The van der Waals surface area contributed by atoms with E-state index in [1.807, 2.05) is 24.4 Å². The van der Waals surface area contributed by atoms with E-state index >= 15 is 0 Å². The van der Waals surface area contributed by atoms with Gasteiger partial charge >= 0.3 is 0 Å². The van der Waals surface area contributed by atoms with E-state index in [9.17, 15) is 0 Å². The second kappa shape index (κ2) is 4.35. The van der Waals surface area contributed by atoms with E-state index in [-0.39, 0.29) is 6.10 Å². The fraction of sp³-hybridized carbons (Fsp3) is 0.500. The number of rotatable bonds is 1. The molecule has 13 heavy (non-hydrogen) atoms. The largest absolute Gasteiger partial charge is 0.371 e. The van der Waals surface area contributed by atoms with Crippen molar-refractivity contribution in [3.05, 3.63) is 30.1 Å². The molecule has 1 N–H and O–H groups in total. The van der Waals surface area contributed by atoms with Gasteiger partial charge in [-0.2, -0.15) is 0 Å². The fourth-order valence-corrected chi connectivity index (χ4v) is 1.51. The molecule has 1 fully saturated rings. The van der Waals surface area contributed by atoms with Gasteiger partial charge < -0.3 is 10.1 Å². The van der Waals surface area contributed by atoms with Crippen molar-refractivity contribution in [3.8, 4) is 0 Å². The Balaban J connectivity index is 2.06. The topological polar surface area (TPSA) is 34.1 Å². The first-order valence-corrected chi connectivity index (χ1v) is 4.70. The molecule has 0 spiro atoms. The summed E-state index contributed by atoms with van der Waals surface area (Å²) < 4.78 is 5.66. The van der Waals surface area contributed by atoms with E-state index in [1.54, 1.807) is 0 Å². The summed E-state index contributed by atoms with van der Waals surface area (Å²) >= 11 is 0. The second-order valence-corrected chi connectivity index (χ2v) is 3.15. The van der Waals surface area contributed by atoms with Crippen LogP contribution in [-0.2, 0) is 4.74 Å². The standard InChI is InChI=1S/C10H14N2O/c1-2-5-12-9(3-1)10-4-6-11-7-8-13-10/h1-3,5,10-11H,4,6-8H2/t10-/m1/s1. The van der Waals surface area contributed by atoms with Crippen LogP contribution in [0.2, 0.25) is 0 Å². The van der Waals surface area contributed by atoms with Crippen molar-refractivity contribution in [1.82, 2.24) is 10.3 Å². The van der Waals surface area contributed by atoms with E-state index < -0.39 is 0 Å². The minimum Gasteiger partial charge on any atom is -0.371 e. The van der Waals surface area contributed by atoms with Crippen LogP contribution in [0.3, 0.4) is 0 Å². The van der Waals surface area contributed by atoms with Crippen LogP contribution in [0.1, 0.15) is 18.2 Å². The molecule has 1 aliphatic heterocycles. The highest BCUT2D eigenvalue weighted by Gasteiger charge is 2.14. The summed E-state index contributed by atoms with van der Waals surface area (Å²) in [7, 11) is 0. The molecule has 3 heteroatoms. The Morgan fingerprint density at radius 1 is 1.38 bits per heavy atom. The van der Waals surface area contributed by atoms with Gasteiger partial charge in [0.1, 0.15) is 6.10 Å². The Labute approximate surface area is 78.1 Å². The van der Waals surface area contributed by atoms with Crippen LogP contribution in [0.5, 0.6) is 0 Å². The quantitative estimate of drug-likeness (QED) is 0.700. The van der Waals surface area contributed by atoms with Crippen molar-refractivity contribution in [3.63, 3.8) is 0 Å². The molecule has 1 aromatic rings. The van der Waals surface area contributed by atoms with Crippen LogP contribution in [0.15, 0.2) is 24.4 Å². The molecule has 0 saturated carbocycles. The third-order valence-corrected chi connectivity index (χ3v) is 2.20. The Bertz CT molecular complexity index is 242. The maximum atomic E-state index is 5.66. The Morgan fingerprint density at radius 2 is 2.38 bits per heavy atom. The van der Waals surface area contributed by atoms with Crippen LogP contribution in [0.25, 0.3) is 0 Å².